The molecular weight excluding hydrogens is 302 g/mol. The molecule has 1 heterocycles. The molecule has 0 aliphatic carbocycles. The highest BCUT2D eigenvalue weighted by Crippen LogP contribution is 2.24. The molecule has 0 unspecified atom stereocenters. The Labute approximate surface area is 141 Å². The first-order valence-corrected chi connectivity index (χ1v) is 7.85. The van der Waals surface area contributed by atoms with Crippen molar-refractivity contribution in [3.63, 3.8) is 0 Å². The molecule has 0 aliphatic rings. The number of nitrogens with one attached hydrogen (secondary N) is 1. The largest absolute Gasteiger partial charge is 0.497 e. The normalized spacial score (nSPS) is 10.7. The Bertz CT molecular complexity index is 832. The first-order valence-electron chi connectivity index (χ1n) is 7.85. The Morgan fingerprint density at radius 1 is 1.04 bits per heavy atom. The van der Waals surface area contributed by atoms with Gasteiger partial charge in [0.05, 0.1) is 13.7 Å². The Morgan fingerprint density at radius 3 is 2.50 bits per heavy atom. The molecular formula is C19H21N3O2. The van der Waals surface area contributed by atoms with Crippen molar-refractivity contribution in [2.75, 3.05) is 12.4 Å². The average Bonchev–Trinajstić information content (AvgIpc) is 3.03. The van der Waals surface area contributed by atoms with Crippen LogP contribution in [0.1, 0.15) is 22.6 Å². The van der Waals surface area contributed by atoms with E-state index in [-0.39, 0.29) is 0 Å². The van der Waals surface area contributed by atoms with E-state index in [4.69, 9.17) is 9.15 Å². The van der Waals surface area contributed by atoms with Crippen molar-refractivity contribution in [1.82, 2.24) is 10.2 Å². The van der Waals surface area contributed by atoms with Gasteiger partial charge in [0.1, 0.15) is 5.75 Å². The fourth-order valence-electron chi connectivity index (χ4n) is 2.82. The molecule has 0 saturated carbocycles. The Hall–Kier alpha value is -2.82. The van der Waals surface area contributed by atoms with Gasteiger partial charge in [-0.1, -0.05) is 23.8 Å². The molecule has 5 nitrogen and oxygen atoms in total. The molecule has 5 heteroatoms. The summed E-state index contributed by atoms with van der Waals surface area (Å²) < 4.78 is 11.0. The molecule has 1 aromatic heterocycles. The average molecular weight is 323 g/mol. The van der Waals surface area contributed by atoms with E-state index in [2.05, 4.69) is 48.4 Å². The highest BCUT2D eigenvalue weighted by atomic mass is 16.5. The SMILES string of the molecule is COc1cccc(-c2nnc(CNc3c(C)cc(C)cc3C)o2)c1. The molecule has 3 rings (SSSR count). The number of aromatic nitrogens is 2. The molecule has 3 aromatic rings. The zero-order valence-electron chi connectivity index (χ0n) is 14.4. The summed E-state index contributed by atoms with van der Waals surface area (Å²) in [6, 6.07) is 11.9. The van der Waals surface area contributed by atoms with Gasteiger partial charge in [0, 0.05) is 11.3 Å². The fraction of sp³-hybridized carbons (Fsp3) is 0.263. The van der Waals surface area contributed by atoms with Crippen LogP contribution < -0.4 is 10.1 Å². The molecule has 24 heavy (non-hydrogen) atoms. The van der Waals surface area contributed by atoms with Crippen molar-refractivity contribution in [2.45, 2.75) is 27.3 Å². The number of rotatable bonds is 5. The quantitative estimate of drug-likeness (QED) is 0.759. The van der Waals surface area contributed by atoms with Crippen LogP contribution >= 0.6 is 0 Å². The minimum absolute atomic E-state index is 0.488. The van der Waals surface area contributed by atoms with E-state index in [1.54, 1.807) is 7.11 Å². The van der Waals surface area contributed by atoms with Crippen LogP contribution in [0.15, 0.2) is 40.8 Å². The van der Waals surface area contributed by atoms with Gasteiger partial charge >= 0.3 is 0 Å². The number of benzene rings is 2. The summed E-state index contributed by atoms with van der Waals surface area (Å²) in [4.78, 5) is 0. The monoisotopic (exact) mass is 323 g/mol. The van der Waals surface area contributed by atoms with Crippen molar-refractivity contribution < 1.29 is 9.15 Å². The smallest absolute Gasteiger partial charge is 0.247 e. The van der Waals surface area contributed by atoms with Gasteiger partial charge < -0.3 is 14.5 Å². The van der Waals surface area contributed by atoms with Crippen molar-refractivity contribution >= 4 is 5.69 Å². The lowest BCUT2D eigenvalue weighted by Gasteiger charge is -2.12. The number of ether oxygens (including phenoxy) is 1. The summed E-state index contributed by atoms with van der Waals surface area (Å²) >= 11 is 0. The molecule has 124 valence electrons. The number of aryl methyl sites for hydroxylation is 3. The van der Waals surface area contributed by atoms with E-state index in [1.165, 1.54) is 16.7 Å². The first-order chi connectivity index (χ1) is 11.6. The van der Waals surface area contributed by atoms with E-state index >= 15 is 0 Å². The van der Waals surface area contributed by atoms with E-state index in [9.17, 15) is 0 Å². The van der Waals surface area contributed by atoms with Crippen LogP contribution in [-0.4, -0.2) is 17.3 Å². The van der Waals surface area contributed by atoms with Crippen molar-refractivity contribution in [2.24, 2.45) is 0 Å². The minimum atomic E-state index is 0.488. The lowest BCUT2D eigenvalue weighted by molar-refractivity contribution is 0.414. The van der Waals surface area contributed by atoms with Gasteiger partial charge in [-0.15, -0.1) is 10.2 Å². The Kier molecular flexibility index (Phi) is 4.51. The van der Waals surface area contributed by atoms with Gasteiger partial charge in [0.2, 0.25) is 11.8 Å². The topological polar surface area (TPSA) is 60.2 Å². The maximum absolute atomic E-state index is 5.75. The summed E-state index contributed by atoms with van der Waals surface area (Å²) in [5.74, 6) is 1.80. The lowest BCUT2D eigenvalue weighted by atomic mass is 10.1. The zero-order chi connectivity index (χ0) is 17.1. The van der Waals surface area contributed by atoms with Crippen LogP contribution in [0.3, 0.4) is 0 Å². The van der Waals surface area contributed by atoms with E-state index in [0.717, 1.165) is 17.0 Å². The van der Waals surface area contributed by atoms with Crippen molar-refractivity contribution in [3.8, 4) is 17.2 Å². The molecule has 0 aliphatic heterocycles. The summed E-state index contributed by atoms with van der Waals surface area (Å²) in [5.41, 5.74) is 5.63. The second-order valence-electron chi connectivity index (χ2n) is 5.86. The fourth-order valence-corrected chi connectivity index (χ4v) is 2.82. The van der Waals surface area contributed by atoms with Crippen LogP contribution in [0, 0.1) is 20.8 Å². The number of methoxy groups -OCH3 is 1. The van der Waals surface area contributed by atoms with E-state index in [1.807, 2.05) is 24.3 Å². The molecule has 0 atom stereocenters. The summed E-state index contributed by atoms with van der Waals surface area (Å²) in [6.07, 6.45) is 0. The van der Waals surface area contributed by atoms with E-state index < -0.39 is 0 Å². The Morgan fingerprint density at radius 2 is 1.79 bits per heavy atom. The van der Waals surface area contributed by atoms with Gasteiger partial charge in [0.25, 0.3) is 0 Å². The number of hydrogen-bond donors (Lipinski definition) is 1. The number of anilines is 1. The van der Waals surface area contributed by atoms with Gasteiger partial charge in [-0.2, -0.15) is 0 Å². The molecule has 0 radical (unpaired) electrons. The van der Waals surface area contributed by atoms with Crippen LogP contribution in [0.4, 0.5) is 5.69 Å². The molecule has 0 saturated heterocycles. The van der Waals surface area contributed by atoms with Gasteiger partial charge in [-0.3, -0.25) is 0 Å². The van der Waals surface area contributed by atoms with Crippen LogP contribution in [0.2, 0.25) is 0 Å². The lowest BCUT2D eigenvalue weighted by Crippen LogP contribution is -2.03. The summed E-state index contributed by atoms with van der Waals surface area (Å²) in [7, 11) is 1.63. The molecule has 0 amide bonds. The number of hydrogen-bond acceptors (Lipinski definition) is 5. The summed E-state index contributed by atoms with van der Waals surface area (Å²) in [6.45, 7) is 6.78. The second-order valence-corrected chi connectivity index (χ2v) is 5.86. The first kappa shape index (κ1) is 16.1. The highest BCUT2D eigenvalue weighted by molar-refractivity contribution is 5.58. The number of nitrogens with zero attached hydrogens (tertiary/aromatic N) is 2. The maximum atomic E-state index is 5.75. The summed E-state index contributed by atoms with van der Waals surface area (Å²) in [5, 5.41) is 11.6. The third-order valence-corrected chi connectivity index (χ3v) is 3.88. The van der Waals surface area contributed by atoms with Crippen LogP contribution in [0.5, 0.6) is 5.75 Å². The maximum Gasteiger partial charge on any atom is 0.247 e. The molecule has 1 N–H and O–H groups in total. The molecule has 2 aromatic carbocycles. The second kappa shape index (κ2) is 6.74. The third-order valence-electron chi connectivity index (χ3n) is 3.88. The van der Waals surface area contributed by atoms with Crippen LogP contribution in [0.25, 0.3) is 11.5 Å². The van der Waals surface area contributed by atoms with Gasteiger partial charge in [-0.25, -0.2) is 0 Å². The third kappa shape index (κ3) is 3.40. The predicted octanol–water partition coefficient (Wildman–Crippen LogP) is 4.28. The molecule has 0 spiro atoms. The van der Waals surface area contributed by atoms with Gasteiger partial charge in [0.15, 0.2) is 0 Å². The van der Waals surface area contributed by atoms with Crippen molar-refractivity contribution in [1.29, 1.82) is 0 Å². The Balaban J connectivity index is 1.75. The standard InChI is InChI=1S/C19H21N3O2/c1-12-8-13(2)18(14(3)9-12)20-11-17-21-22-19(24-17)15-6-5-7-16(10-15)23-4/h5-10,20H,11H2,1-4H3. The molecule has 0 bridgehead atoms. The predicted molar refractivity (Wildman–Crippen MR) is 94.3 cm³/mol. The van der Waals surface area contributed by atoms with Crippen LogP contribution in [-0.2, 0) is 6.54 Å². The minimum Gasteiger partial charge on any atom is -0.497 e. The van der Waals surface area contributed by atoms with Crippen molar-refractivity contribution in [3.05, 3.63) is 59.0 Å². The molecule has 0 fully saturated rings. The van der Waals surface area contributed by atoms with E-state index in [0.29, 0.717) is 18.3 Å². The zero-order valence-corrected chi connectivity index (χ0v) is 14.4. The van der Waals surface area contributed by atoms with Gasteiger partial charge in [-0.05, 0) is 50.1 Å². The highest BCUT2D eigenvalue weighted by Gasteiger charge is 2.10.